The average molecular weight is 141 g/mol. The molecule has 1 aromatic rings. The fourth-order valence-corrected chi connectivity index (χ4v) is 0.468. The van der Waals surface area contributed by atoms with Crippen LogP contribution in [0.1, 0.15) is 0 Å². The van der Waals surface area contributed by atoms with Gasteiger partial charge in [-0.1, -0.05) is 0 Å². The van der Waals surface area contributed by atoms with Gasteiger partial charge in [0.2, 0.25) is 5.91 Å². The first-order valence-electron chi connectivity index (χ1n) is 2.74. The molecule has 1 amide bonds. The number of hydrogen-bond donors (Lipinski definition) is 1. The van der Waals surface area contributed by atoms with E-state index in [0.29, 0.717) is 0 Å². The van der Waals surface area contributed by atoms with Gasteiger partial charge in [-0.15, -0.1) is 10.2 Å². The van der Waals surface area contributed by atoms with Crippen molar-refractivity contribution >= 4 is 5.91 Å². The Morgan fingerprint density at radius 2 is 2.60 bits per heavy atom. The molecule has 0 aliphatic heterocycles. The van der Waals surface area contributed by atoms with Crippen LogP contribution in [-0.4, -0.2) is 33.2 Å². The van der Waals surface area contributed by atoms with Crippen LogP contribution < -0.4 is 5.32 Å². The third-order valence-corrected chi connectivity index (χ3v) is 0.955. The van der Waals surface area contributed by atoms with Gasteiger partial charge in [-0.2, -0.15) is 4.80 Å². The molecule has 6 heteroatoms. The monoisotopic (exact) mass is 141 g/mol. The summed E-state index contributed by atoms with van der Waals surface area (Å²) >= 11 is 0. The molecule has 1 heterocycles. The van der Waals surface area contributed by atoms with E-state index in [0.717, 1.165) is 0 Å². The summed E-state index contributed by atoms with van der Waals surface area (Å²) in [5.41, 5.74) is 0. The molecule has 0 atom stereocenters. The highest BCUT2D eigenvalue weighted by molar-refractivity contribution is 5.74. The lowest BCUT2D eigenvalue weighted by Gasteiger charge is -1.94. The zero-order chi connectivity index (χ0) is 7.40. The number of rotatable bonds is 2. The van der Waals surface area contributed by atoms with Crippen LogP contribution in [0.25, 0.3) is 0 Å². The predicted molar refractivity (Wildman–Crippen MR) is 31.9 cm³/mol. The van der Waals surface area contributed by atoms with Crippen LogP contribution in [0.4, 0.5) is 0 Å². The standard InChI is InChI=1S/C4H7N5O/c1-5-4(10)2-9-7-3-6-8-9/h3H,2H2,1H3,(H,5,10). The predicted octanol–water partition coefficient (Wildman–Crippen LogP) is -1.58. The topological polar surface area (TPSA) is 72.7 Å². The van der Waals surface area contributed by atoms with Gasteiger partial charge in [-0.3, -0.25) is 4.79 Å². The lowest BCUT2D eigenvalue weighted by molar-refractivity contribution is -0.121. The minimum Gasteiger partial charge on any atom is -0.358 e. The van der Waals surface area contributed by atoms with Crippen LogP contribution in [0.5, 0.6) is 0 Å². The zero-order valence-electron chi connectivity index (χ0n) is 5.48. The van der Waals surface area contributed by atoms with Crippen molar-refractivity contribution in [2.45, 2.75) is 6.54 Å². The van der Waals surface area contributed by atoms with Gasteiger partial charge < -0.3 is 5.32 Å². The van der Waals surface area contributed by atoms with Crippen LogP contribution in [0.3, 0.4) is 0 Å². The van der Waals surface area contributed by atoms with Gasteiger partial charge in [0.15, 0.2) is 6.33 Å². The van der Waals surface area contributed by atoms with Crippen LogP contribution in [0.15, 0.2) is 6.33 Å². The molecule has 0 aliphatic rings. The number of aromatic nitrogens is 4. The van der Waals surface area contributed by atoms with Crippen LogP contribution >= 0.6 is 0 Å². The zero-order valence-corrected chi connectivity index (χ0v) is 5.48. The minimum atomic E-state index is -0.141. The lowest BCUT2D eigenvalue weighted by Crippen LogP contribution is -2.24. The van der Waals surface area contributed by atoms with Crippen molar-refractivity contribution in [3.05, 3.63) is 6.33 Å². The third-order valence-electron chi connectivity index (χ3n) is 0.955. The molecule has 0 bridgehead atoms. The normalized spacial score (nSPS) is 9.30. The summed E-state index contributed by atoms with van der Waals surface area (Å²) in [5, 5.41) is 13.0. The second kappa shape index (κ2) is 2.90. The van der Waals surface area contributed by atoms with E-state index in [1.54, 1.807) is 7.05 Å². The number of tetrazole rings is 1. The lowest BCUT2D eigenvalue weighted by atomic mass is 10.6. The van der Waals surface area contributed by atoms with Crippen molar-refractivity contribution in [2.75, 3.05) is 7.05 Å². The number of amides is 1. The Bertz CT molecular complexity index is 205. The largest absolute Gasteiger partial charge is 0.358 e. The molecule has 0 radical (unpaired) electrons. The molecule has 0 unspecified atom stereocenters. The van der Waals surface area contributed by atoms with Gasteiger partial charge in [-0.05, 0) is 5.21 Å². The smallest absolute Gasteiger partial charge is 0.243 e. The Balaban J connectivity index is 2.48. The van der Waals surface area contributed by atoms with E-state index in [9.17, 15) is 4.79 Å². The summed E-state index contributed by atoms with van der Waals surface area (Å²) in [5.74, 6) is -0.141. The Morgan fingerprint density at radius 1 is 1.80 bits per heavy atom. The van der Waals surface area contributed by atoms with E-state index in [4.69, 9.17) is 0 Å². The fourth-order valence-electron chi connectivity index (χ4n) is 0.468. The molecule has 1 rings (SSSR count). The Kier molecular flexibility index (Phi) is 1.93. The van der Waals surface area contributed by atoms with Crippen LogP contribution in [-0.2, 0) is 11.3 Å². The van der Waals surface area contributed by atoms with Gasteiger partial charge in [0.05, 0.1) is 0 Å². The van der Waals surface area contributed by atoms with Crippen molar-refractivity contribution in [1.29, 1.82) is 0 Å². The van der Waals surface area contributed by atoms with Gasteiger partial charge in [0.1, 0.15) is 6.54 Å². The molecular formula is C4H7N5O. The molecule has 0 aromatic carbocycles. The quantitative estimate of drug-likeness (QED) is 0.539. The summed E-state index contributed by atoms with van der Waals surface area (Å²) in [7, 11) is 1.55. The van der Waals surface area contributed by atoms with E-state index < -0.39 is 0 Å². The summed E-state index contributed by atoms with van der Waals surface area (Å²) in [6, 6.07) is 0. The maximum Gasteiger partial charge on any atom is 0.243 e. The first-order chi connectivity index (χ1) is 4.83. The van der Waals surface area contributed by atoms with Crippen molar-refractivity contribution in [2.24, 2.45) is 0 Å². The number of nitrogens with zero attached hydrogens (tertiary/aromatic N) is 4. The highest BCUT2D eigenvalue weighted by Gasteiger charge is 1.99. The third kappa shape index (κ3) is 1.51. The number of hydrogen-bond acceptors (Lipinski definition) is 4. The van der Waals surface area contributed by atoms with Gasteiger partial charge in [0, 0.05) is 7.05 Å². The summed E-state index contributed by atoms with van der Waals surface area (Å²) in [6.45, 7) is 0.122. The highest BCUT2D eigenvalue weighted by atomic mass is 16.2. The van der Waals surface area contributed by atoms with Crippen molar-refractivity contribution in [1.82, 2.24) is 25.5 Å². The summed E-state index contributed by atoms with van der Waals surface area (Å²) in [4.78, 5) is 11.8. The Labute approximate surface area is 57.2 Å². The number of carbonyl (C=O) groups is 1. The Hall–Kier alpha value is -1.46. The molecule has 1 aromatic heterocycles. The minimum absolute atomic E-state index is 0.122. The first-order valence-corrected chi connectivity index (χ1v) is 2.74. The van der Waals surface area contributed by atoms with E-state index in [2.05, 4.69) is 20.7 Å². The highest BCUT2D eigenvalue weighted by Crippen LogP contribution is 1.73. The maximum atomic E-state index is 10.6. The number of nitrogens with one attached hydrogen (secondary N) is 1. The molecule has 0 spiro atoms. The molecule has 0 fully saturated rings. The van der Waals surface area contributed by atoms with E-state index in [-0.39, 0.29) is 12.5 Å². The SMILES string of the molecule is CNC(=O)Cn1ncnn1. The molecule has 1 N–H and O–H groups in total. The molecule has 0 saturated carbocycles. The molecule has 0 aliphatic carbocycles. The van der Waals surface area contributed by atoms with Gasteiger partial charge in [-0.25, -0.2) is 0 Å². The van der Waals surface area contributed by atoms with Crippen LogP contribution in [0, 0.1) is 0 Å². The maximum absolute atomic E-state index is 10.6. The average Bonchev–Trinajstić information content (AvgIpc) is 2.40. The van der Waals surface area contributed by atoms with Crippen LogP contribution in [0.2, 0.25) is 0 Å². The van der Waals surface area contributed by atoms with Crippen molar-refractivity contribution in [3.63, 3.8) is 0 Å². The number of likely N-dealkylation sites (N-methyl/N-ethyl adjacent to an activating group) is 1. The Morgan fingerprint density at radius 3 is 3.10 bits per heavy atom. The van der Waals surface area contributed by atoms with Gasteiger partial charge >= 0.3 is 0 Å². The van der Waals surface area contributed by atoms with Crippen molar-refractivity contribution in [3.8, 4) is 0 Å². The van der Waals surface area contributed by atoms with E-state index >= 15 is 0 Å². The second-order valence-corrected chi connectivity index (χ2v) is 1.64. The number of carbonyl (C=O) groups excluding carboxylic acids is 1. The van der Waals surface area contributed by atoms with E-state index in [1.165, 1.54) is 11.1 Å². The van der Waals surface area contributed by atoms with E-state index in [1.807, 2.05) is 0 Å². The van der Waals surface area contributed by atoms with Crippen molar-refractivity contribution < 1.29 is 4.79 Å². The molecule has 10 heavy (non-hydrogen) atoms. The molecule has 0 saturated heterocycles. The van der Waals surface area contributed by atoms with Gasteiger partial charge in [0.25, 0.3) is 0 Å². The molecule has 6 nitrogen and oxygen atoms in total. The fraction of sp³-hybridized carbons (Fsp3) is 0.500. The second-order valence-electron chi connectivity index (χ2n) is 1.64. The molecule has 54 valence electrons. The summed E-state index contributed by atoms with van der Waals surface area (Å²) < 4.78 is 0. The first kappa shape index (κ1) is 6.66. The summed E-state index contributed by atoms with van der Waals surface area (Å²) in [6.07, 6.45) is 1.28. The molecular weight excluding hydrogens is 134 g/mol.